The number of nitrogens with zero attached hydrogens (tertiary/aromatic N) is 1. The molecule has 1 aromatic heterocycles. The maximum absolute atomic E-state index is 11.3. The SMILES string of the molecule is CCC(=O)Nc1nc(C)c(Cl)c(C)c1C=O. The molecule has 86 valence electrons. The molecule has 0 saturated carbocycles. The molecule has 5 heteroatoms. The third kappa shape index (κ3) is 2.39. The Morgan fingerprint density at radius 2 is 2.12 bits per heavy atom. The Kier molecular flexibility index (Phi) is 4.01. The topological polar surface area (TPSA) is 59.1 Å². The lowest BCUT2D eigenvalue weighted by Crippen LogP contribution is -2.14. The molecule has 0 radical (unpaired) electrons. The van der Waals surface area contributed by atoms with Gasteiger partial charge in [-0.3, -0.25) is 9.59 Å². The van der Waals surface area contributed by atoms with Crippen molar-refractivity contribution in [3.8, 4) is 0 Å². The highest BCUT2D eigenvalue weighted by Gasteiger charge is 2.14. The van der Waals surface area contributed by atoms with Crippen molar-refractivity contribution in [3.63, 3.8) is 0 Å². The zero-order chi connectivity index (χ0) is 12.3. The van der Waals surface area contributed by atoms with E-state index in [0.717, 1.165) is 0 Å². The van der Waals surface area contributed by atoms with E-state index < -0.39 is 0 Å². The average Bonchev–Trinajstić information content (AvgIpc) is 2.26. The van der Waals surface area contributed by atoms with Gasteiger partial charge in [-0.15, -0.1) is 0 Å². The summed E-state index contributed by atoms with van der Waals surface area (Å²) in [6.45, 7) is 5.18. The highest BCUT2D eigenvalue weighted by atomic mass is 35.5. The maximum atomic E-state index is 11.3. The van der Waals surface area contributed by atoms with Crippen molar-refractivity contribution in [2.45, 2.75) is 27.2 Å². The van der Waals surface area contributed by atoms with E-state index >= 15 is 0 Å². The van der Waals surface area contributed by atoms with Crippen LogP contribution in [0.2, 0.25) is 5.02 Å². The lowest BCUT2D eigenvalue weighted by molar-refractivity contribution is -0.115. The summed E-state index contributed by atoms with van der Waals surface area (Å²) < 4.78 is 0. The van der Waals surface area contributed by atoms with Gasteiger partial charge in [0.2, 0.25) is 5.91 Å². The van der Waals surface area contributed by atoms with Gasteiger partial charge in [-0.2, -0.15) is 0 Å². The van der Waals surface area contributed by atoms with Gasteiger partial charge in [-0.1, -0.05) is 18.5 Å². The summed E-state index contributed by atoms with van der Waals surface area (Å²) in [5.74, 6) is 0.0953. The molecule has 0 aromatic carbocycles. The van der Waals surface area contributed by atoms with E-state index in [-0.39, 0.29) is 11.7 Å². The van der Waals surface area contributed by atoms with Gasteiger partial charge in [0, 0.05) is 6.42 Å². The van der Waals surface area contributed by atoms with Crippen LogP contribution in [-0.2, 0) is 4.79 Å². The molecule has 16 heavy (non-hydrogen) atoms. The fourth-order valence-electron chi connectivity index (χ4n) is 1.30. The second-order valence-corrected chi connectivity index (χ2v) is 3.80. The van der Waals surface area contributed by atoms with Crippen molar-refractivity contribution >= 4 is 29.6 Å². The molecule has 0 saturated heterocycles. The number of halogens is 1. The highest BCUT2D eigenvalue weighted by Crippen LogP contribution is 2.25. The van der Waals surface area contributed by atoms with Gasteiger partial charge in [0.15, 0.2) is 6.29 Å². The van der Waals surface area contributed by atoms with E-state index in [1.54, 1.807) is 20.8 Å². The summed E-state index contributed by atoms with van der Waals surface area (Å²) in [5, 5.41) is 3.04. The van der Waals surface area contributed by atoms with Gasteiger partial charge in [-0.05, 0) is 19.4 Å². The third-order valence-corrected chi connectivity index (χ3v) is 2.84. The summed E-state index contributed by atoms with van der Waals surface area (Å²) in [6.07, 6.45) is 0.986. The number of carbonyl (C=O) groups is 2. The van der Waals surface area contributed by atoms with E-state index in [2.05, 4.69) is 10.3 Å². The molecular formula is C11H13ClN2O2. The van der Waals surface area contributed by atoms with Crippen molar-refractivity contribution in [2.24, 2.45) is 0 Å². The second kappa shape index (κ2) is 5.07. The van der Waals surface area contributed by atoms with E-state index in [4.69, 9.17) is 11.6 Å². The number of anilines is 1. The van der Waals surface area contributed by atoms with Crippen molar-refractivity contribution in [2.75, 3.05) is 5.32 Å². The number of hydrogen-bond acceptors (Lipinski definition) is 3. The molecule has 1 rings (SSSR count). The molecular weight excluding hydrogens is 228 g/mol. The van der Waals surface area contributed by atoms with Crippen LogP contribution in [0, 0.1) is 13.8 Å². The van der Waals surface area contributed by atoms with Gasteiger partial charge >= 0.3 is 0 Å². The van der Waals surface area contributed by atoms with Crippen molar-refractivity contribution in [1.82, 2.24) is 4.98 Å². The number of pyridine rings is 1. The minimum absolute atomic E-state index is 0.184. The van der Waals surface area contributed by atoms with Crippen molar-refractivity contribution < 1.29 is 9.59 Å². The van der Waals surface area contributed by atoms with Gasteiger partial charge < -0.3 is 5.32 Å². The predicted molar refractivity (Wildman–Crippen MR) is 63.0 cm³/mol. The molecule has 1 N–H and O–H groups in total. The maximum Gasteiger partial charge on any atom is 0.225 e. The Labute approximate surface area is 99.0 Å². The molecule has 0 aliphatic carbocycles. The zero-order valence-electron chi connectivity index (χ0n) is 9.43. The Morgan fingerprint density at radius 1 is 1.50 bits per heavy atom. The van der Waals surface area contributed by atoms with Gasteiger partial charge in [0.1, 0.15) is 5.82 Å². The van der Waals surface area contributed by atoms with Crippen LogP contribution in [0.1, 0.15) is 35.0 Å². The van der Waals surface area contributed by atoms with Crippen LogP contribution in [0.4, 0.5) is 5.82 Å². The number of aromatic nitrogens is 1. The number of carbonyl (C=O) groups excluding carboxylic acids is 2. The van der Waals surface area contributed by atoms with Crippen molar-refractivity contribution in [1.29, 1.82) is 0 Å². The summed E-state index contributed by atoms with van der Waals surface area (Å²) in [4.78, 5) is 26.3. The monoisotopic (exact) mass is 240 g/mol. The number of hydrogen-bond donors (Lipinski definition) is 1. The lowest BCUT2D eigenvalue weighted by Gasteiger charge is -2.11. The fourth-order valence-corrected chi connectivity index (χ4v) is 1.45. The molecule has 4 nitrogen and oxygen atoms in total. The average molecular weight is 241 g/mol. The molecule has 1 heterocycles. The minimum atomic E-state index is -0.184. The summed E-state index contributed by atoms with van der Waals surface area (Å²) in [5.41, 5.74) is 1.56. The Balaban J connectivity index is 3.27. The molecule has 1 amide bonds. The molecule has 1 aromatic rings. The lowest BCUT2D eigenvalue weighted by atomic mass is 10.1. The molecule has 0 bridgehead atoms. The first-order chi connectivity index (χ1) is 7.51. The Bertz CT molecular complexity index is 444. The number of rotatable bonds is 3. The third-order valence-electron chi connectivity index (χ3n) is 2.28. The Hall–Kier alpha value is -1.42. The smallest absolute Gasteiger partial charge is 0.225 e. The van der Waals surface area contributed by atoms with Crippen LogP contribution in [0.3, 0.4) is 0 Å². The quantitative estimate of drug-likeness (QED) is 0.826. The van der Waals surface area contributed by atoms with Crippen LogP contribution in [0.25, 0.3) is 0 Å². The van der Waals surface area contributed by atoms with Crippen LogP contribution in [-0.4, -0.2) is 17.2 Å². The first kappa shape index (κ1) is 12.6. The van der Waals surface area contributed by atoms with E-state index in [0.29, 0.717) is 34.6 Å². The highest BCUT2D eigenvalue weighted by molar-refractivity contribution is 6.32. The standard InChI is InChI=1S/C11H13ClN2O2/c1-4-9(16)14-11-8(5-15)6(2)10(12)7(3)13-11/h5H,4H2,1-3H3,(H,13,14,16). The second-order valence-electron chi connectivity index (χ2n) is 3.42. The van der Waals surface area contributed by atoms with Gasteiger partial charge in [0.05, 0.1) is 16.3 Å². The first-order valence-corrected chi connectivity index (χ1v) is 5.30. The Morgan fingerprint density at radius 3 is 2.62 bits per heavy atom. The molecule has 0 aliphatic rings. The van der Waals surface area contributed by atoms with Crippen molar-refractivity contribution in [3.05, 3.63) is 21.8 Å². The van der Waals surface area contributed by atoms with Gasteiger partial charge in [0.25, 0.3) is 0 Å². The van der Waals surface area contributed by atoms with Crippen LogP contribution < -0.4 is 5.32 Å². The molecule has 0 unspecified atom stereocenters. The molecule has 0 aliphatic heterocycles. The largest absolute Gasteiger partial charge is 0.310 e. The molecule has 0 fully saturated rings. The van der Waals surface area contributed by atoms with Gasteiger partial charge in [-0.25, -0.2) is 4.98 Å². The van der Waals surface area contributed by atoms with E-state index in [9.17, 15) is 9.59 Å². The van der Waals surface area contributed by atoms with Crippen LogP contribution in [0.15, 0.2) is 0 Å². The zero-order valence-corrected chi connectivity index (χ0v) is 10.2. The fraction of sp³-hybridized carbons (Fsp3) is 0.364. The minimum Gasteiger partial charge on any atom is -0.310 e. The predicted octanol–water partition coefficient (Wildman–Crippen LogP) is 2.51. The van der Waals surface area contributed by atoms with Crippen LogP contribution in [0.5, 0.6) is 0 Å². The normalized spacial score (nSPS) is 10.0. The molecule has 0 atom stereocenters. The van der Waals surface area contributed by atoms with E-state index in [1.165, 1.54) is 0 Å². The van der Waals surface area contributed by atoms with E-state index in [1.807, 2.05) is 0 Å². The summed E-state index contributed by atoms with van der Waals surface area (Å²) >= 11 is 5.97. The molecule has 0 spiro atoms. The summed E-state index contributed by atoms with van der Waals surface area (Å²) in [7, 11) is 0. The summed E-state index contributed by atoms with van der Waals surface area (Å²) in [6, 6.07) is 0. The number of amides is 1. The number of aryl methyl sites for hydroxylation is 1. The first-order valence-electron chi connectivity index (χ1n) is 4.93. The number of nitrogens with one attached hydrogen (secondary N) is 1. The van der Waals surface area contributed by atoms with Crippen LogP contribution >= 0.6 is 11.6 Å². The number of aldehydes is 1.